The number of hydrogen-bond donors (Lipinski definition) is 0. The summed E-state index contributed by atoms with van der Waals surface area (Å²) in [6, 6.07) is 9.17. The molecule has 22 heavy (non-hydrogen) atoms. The number of aromatic nitrogens is 2. The Kier molecular flexibility index (Phi) is 4.62. The van der Waals surface area contributed by atoms with Gasteiger partial charge in [0, 0.05) is 12.1 Å². The topological polar surface area (TPSA) is 67.9 Å². The van der Waals surface area contributed by atoms with Gasteiger partial charge in [0.15, 0.2) is 0 Å². The van der Waals surface area contributed by atoms with E-state index in [1.165, 1.54) is 4.68 Å². The van der Waals surface area contributed by atoms with Crippen LogP contribution in [0.15, 0.2) is 29.1 Å². The first-order chi connectivity index (χ1) is 10.5. The van der Waals surface area contributed by atoms with Crippen LogP contribution in [0.5, 0.6) is 5.75 Å². The van der Waals surface area contributed by atoms with Crippen LogP contribution in [0.2, 0.25) is 0 Å². The Morgan fingerprint density at radius 1 is 1.36 bits per heavy atom. The first-order valence-electron chi connectivity index (χ1n) is 7.13. The zero-order valence-electron chi connectivity index (χ0n) is 13.3. The SMILES string of the molecule is COc1ccc(-c2cc(C#N)c(=O)n(CC(C)C)n2)cc1C. The summed E-state index contributed by atoms with van der Waals surface area (Å²) < 4.78 is 6.62. The summed E-state index contributed by atoms with van der Waals surface area (Å²) in [5.74, 6) is 1.06. The highest BCUT2D eigenvalue weighted by Crippen LogP contribution is 2.24. The summed E-state index contributed by atoms with van der Waals surface area (Å²) in [6.07, 6.45) is 0. The van der Waals surface area contributed by atoms with Crippen molar-refractivity contribution < 1.29 is 4.74 Å². The zero-order chi connectivity index (χ0) is 16.3. The minimum absolute atomic E-state index is 0.110. The average Bonchev–Trinajstić information content (AvgIpc) is 2.48. The van der Waals surface area contributed by atoms with Crippen LogP contribution in [0.3, 0.4) is 0 Å². The fourth-order valence-corrected chi connectivity index (χ4v) is 2.27. The van der Waals surface area contributed by atoms with Crippen molar-refractivity contribution in [3.8, 4) is 23.1 Å². The summed E-state index contributed by atoms with van der Waals surface area (Å²) in [7, 11) is 1.62. The Hall–Kier alpha value is -2.61. The van der Waals surface area contributed by atoms with E-state index in [9.17, 15) is 10.1 Å². The van der Waals surface area contributed by atoms with Gasteiger partial charge in [0.05, 0.1) is 12.8 Å². The van der Waals surface area contributed by atoms with E-state index in [0.717, 1.165) is 16.9 Å². The maximum atomic E-state index is 12.1. The third kappa shape index (κ3) is 3.17. The summed E-state index contributed by atoms with van der Waals surface area (Å²) >= 11 is 0. The van der Waals surface area contributed by atoms with Crippen molar-refractivity contribution >= 4 is 0 Å². The lowest BCUT2D eigenvalue weighted by atomic mass is 10.1. The van der Waals surface area contributed by atoms with Crippen molar-refractivity contribution in [2.24, 2.45) is 5.92 Å². The minimum atomic E-state index is -0.342. The zero-order valence-corrected chi connectivity index (χ0v) is 13.3. The van der Waals surface area contributed by atoms with E-state index in [4.69, 9.17) is 4.74 Å². The molecule has 2 aromatic rings. The number of nitriles is 1. The van der Waals surface area contributed by atoms with Crippen molar-refractivity contribution in [1.82, 2.24) is 9.78 Å². The monoisotopic (exact) mass is 297 g/mol. The molecule has 0 radical (unpaired) electrons. The summed E-state index contributed by atoms with van der Waals surface area (Å²) in [6.45, 7) is 6.43. The molecule has 1 aromatic heterocycles. The highest BCUT2D eigenvalue weighted by Gasteiger charge is 2.11. The summed E-state index contributed by atoms with van der Waals surface area (Å²) in [5, 5.41) is 13.6. The van der Waals surface area contributed by atoms with Crippen molar-refractivity contribution in [3.05, 3.63) is 45.7 Å². The van der Waals surface area contributed by atoms with Gasteiger partial charge in [0.1, 0.15) is 17.4 Å². The molecule has 0 aliphatic rings. The molecule has 1 aromatic carbocycles. The maximum absolute atomic E-state index is 12.1. The Morgan fingerprint density at radius 2 is 2.09 bits per heavy atom. The van der Waals surface area contributed by atoms with Gasteiger partial charge < -0.3 is 4.74 Å². The second kappa shape index (κ2) is 6.44. The van der Waals surface area contributed by atoms with E-state index >= 15 is 0 Å². The number of rotatable bonds is 4. The van der Waals surface area contributed by atoms with Gasteiger partial charge >= 0.3 is 0 Å². The molecular formula is C17H19N3O2. The lowest BCUT2D eigenvalue weighted by Crippen LogP contribution is -2.27. The lowest BCUT2D eigenvalue weighted by molar-refractivity contribution is 0.412. The van der Waals surface area contributed by atoms with Crippen LogP contribution in [-0.4, -0.2) is 16.9 Å². The van der Waals surface area contributed by atoms with Crippen LogP contribution in [-0.2, 0) is 6.54 Å². The Balaban J connectivity index is 2.58. The minimum Gasteiger partial charge on any atom is -0.496 e. The third-order valence-electron chi connectivity index (χ3n) is 3.32. The first-order valence-corrected chi connectivity index (χ1v) is 7.13. The molecule has 2 rings (SSSR count). The molecule has 0 saturated carbocycles. The molecule has 0 saturated heterocycles. The highest BCUT2D eigenvalue weighted by molar-refractivity contribution is 5.62. The van der Waals surface area contributed by atoms with Gasteiger partial charge in [-0.15, -0.1) is 0 Å². The number of methoxy groups -OCH3 is 1. The second-order valence-corrected chi connectivity index (χ2v) is 5.62. The number of benzene rings is 1. The van der Waals surface area contributed by atoms with Crippen molar-refractivity contribution in [3.63, 3.8) is 0 Å². The molecule has 0 spiro atoms. The van der Waals surface area contributed by atoms with Crippen LogP contribution in [0, 0.1) is 24.2 Å². The third-order valence-corrected chi connectivity index (χ3v) is 3.32. The number of aryl methyl sites for hydroxylation is 1. The van der Waals surface area contributed by atoms with E-state index in [2.05, 4.69) is 5.10 Å². The molecular weight excluding hydrogens is 278 g/mol. The fourth-order valence-electron chi connectivity index (χ4n) is 2.27. The van der Waals surface area contributed by atoms with Crippen molar-refractivity contribution in [2.45, 2.75) is 27.3 Å². The van der Waals surface area contributed by atoms with Crippen molar-refractivity contribution in [1.29, 1.82) is 5.26 Å². The van der Waals surface area contributed by atoms with E-state index in [1.807, 2.05) is 45.0 Å². The molecule has 0 unspecified atom stereocenters. The van der Waals surface area contributed by atoms with Gasteiger partial charge in [-0.2, -0.15) is 10.4 Å². The number of hydrogen-bond acceptors (Lipinski definition) is 4. The number of nitrogens with zero attached hydrogens (tertiary/aromatic N) is 3. The van der Waals surface area contributed by atoms with Gasteiger partial charge in [0.2, 0.25) is 0 Å². The first kappa shape index (κ1) is 15.8. The van der Waals surface area contributed by atoms with Crippen LogP contribution >= 0.6 is 0 Å². The van der Waals surface area contributed by atoms with E-state index in [0.29, 0.717) is 12.2 Å². The van der Waals surface area contributed by atoms with Crippen LogP contribution in [0.4, 0.5) is 0 Å². The Labute approximate surface area is 129 Å². The predicted molar refractivity (Wildman–Crippen MR) is 84.8 cm³/mol. The van der Waals surface area contributed by atoms with Crippen molar-refractivity contribution in [2.75, 3.05) is 7.11 Å². The molecule has 0 N–H and O–H groups in total. The summed E-state index contributed by atoms with van der Waals surface area (Å²) in [5.41, 5.74) is 2.21. The molecule has 5 nitrogen and oxygen atoms in total. The Bertz CT molecular complexity index is 785. The number of ether oxygens (including phenoxy) is 1. The van der Waals surface area contributed by atoms with E-state index in [-0.39, 0.29) is 17.0 Å². The van der Waals surface area contributed by atoms with Gasteiger partial charge in [-0.1, -0.05) is 13.8 Å². The fraction of sp³-hybridized carbons (Fsp3) is 0.353. The highest BCUT2D eigenvalue weighted by atomic mass is 16.5. The van der Waals surface area contributed by atoms with Gasteiger partial charge in [-0.25, -0.2) is 4.68 Å². The second-order valence-electron chi connectivity index (χ2n) is 5.62. The van der Waals surface area contributed by atoms with E-state index in [1.54, 1.807) is 13.2 Å². The predicted octanol–water partition coefficient (Wildman–Crippen LogP) is 2.76. The molecule has 0 aliphatic carbocycles. The van der Waals surface area contributed by atoms with Crippen LogP contribution in [0.25, 0.3) is 11.3 Å². The summed E-state index contributed by atoms with van der Waals surface area (Å²) in [4.78, 5) is 12.1. The smallest absolute Gasteiger partial charge is 0.284 e. The molecule has 0 aliphatic heterocycles. The molecule has 0 fully saturated rings. The molecule has 0 atom stereocenters. The van der Waals surface area contributed by atoms with Crippen LogP contribution in [0.1, 0.15) is 25.0 Å². The Morgan fingerprint density at radius 3 is 2.64 bits per heavy atom. The van der Waals surface area contributed by atoms with E-state index < -0.39 is 0 Å². The standard InChI is InChI=1S/C17H19N3O2/c1-11(2)10-20-17(21)14(9-18)8-15(19-20)13-5-6-16(22-4)12(3)7-13/h5-8,11H,10H2,1-4H3. The van der Waals surface area contributed by atoms with Gasteiger partial charge in [0.25, 0.3) is 5.56 Å². The molecule has 0 bridgehead atoms. The normalized spacial score (nSPS) is 10.5. The lowest BCUT2D eigenvalue weighted by Gasteiger charge is -2.11. The molecule has 5 heteroatoms. The molecule has 0 amide bonds. The quantitative estimate of drug-likeness (QED) is 0.870. The largest absolute Gasteiger partial charge is 0.496 e. The molecule has 1 heterocycles. The van der Waals surface area contributed by atoms with Gasteiger partial charge in [-0.3, -0.25) is 4.79 Å². The van der Waals surface area contributed by atoms with Gasteiger partial charge in [-0.05, 0) is 42.7 Å². The average molecular weight is 297 g/mol. The maximum Gasteiger partial charge on any atom is 0.284 e. The molecule has 114 valence electrons. The van der Waals surface area contributed by atoms with Crippen LogP contribution < -0.4 is 10.3 Å².